The number of aromatic hydroxyl groups is 1. The zero-order chi connectivity index (χ0) is 24.1. The van der Waals surface area contributed by atoms with Crippen molar-refractivity contribution in [1.82, 2.24) is 24.5 Å². The normalized spacial score (nSPS) is 15.6. The molecule has 1 atom stereocenters. The van der Waals surface area contributed by atoms with E-state index in [0.29, 0.717) is 11.6 Å². The zero-order valence-corrected chi connectivity index (χ0v) is 20.9. The molecule has 0 saturated carbocycles. The Morgan fingerprint density at radius 3 is 2.74 bits per heavy atom. The molecule has 5 rings (SSSR count). The molecule has 0 radical (unpaired) electrons. The van der Waals surface area contributed by atoms with Crippen molar-refractivity contribution < 1.29 is 9.90 Å². The van der Waals surface area contributed by atoms with Gasteiger partial charge in [-0.25, -0.2) is 9.50 Å². The number of carbonyl (C=O) groups excluding carboxylic acids is 1. The van der Waals surface area contributed by atoms with Crippen LogP contribution in [0.1, 0.15) is 42.4 Å². The van der Waals surface area contributed by atoms with Crippen LogP contribution in [0.25, 0.3) is 16.9 Å². The quantitative estimate of drug-likeness (QED) is 0.383. The molecule has 4 aromatic rings. The summed E-state index contributed by atoms with van der Waals surface area (Å²) in [6.07, 6.45) is 6.92. The summed E-state index contributed by atoms with van der Waals surface area (Å²) in [5.41, 5.74) is 3.73. The number of nitrogens with zero attached hydrogens (tertiary/aromatic N) is 5. The maximum absolute atomic E-state index is 12.1. The highest BCUT2D eigenvalue weighted by Crippen LogP contribution is 2.29. The number of likely N-dealkylation sites (tertiary alicyclic amines) is 1. The standard InChI is InChI=1S/C13H10BrN3O.C13H18N2O/c1-8-6-11(9-4-2-3-5-12(9)18)16-13-10(14)7-15-17(8)13;1-2-11-6-5-9-15(10-11)13(16)12-7-3-4-8-14-12/h2-7,18H,1H3;3-4,7-8,11H,2,5-6,9-10H2,1H3. The van der Waals surface area contributed by atoms with Crippen LogP contribution in [0, 0.1) is 12.8 Å². The predicted octanol–water partition coefficient (Wildman–Crippen LogP) is 5.52. The van der Waals surface area contributed by atoms with Crippen molar-refractivity contribution in [1.29, 1.82) is 0 Å². The Bertz CT molecular complexity index is 1270. The SMILES string of the molecule is CCC1CCCN(C(=O)c2ccccn2)C1.Cc1cc(-c2ccccc2O)nc2c(Br)cnn12. The third-order valence-corrected chi connectivity index (χ3v) is 6.61. The van der Waals surface area contributed by atoms with E-state index in [4.69, 9.17) is 0 Å². The van der Waals surface area contributed by atoms with Gasteiger partial charge in [0.1, 0.15) is 11.4 Å². The number of aromatic nitrogens is 4. The molecule has 1 aromatic carbocycles. The van der Waals surface area contributed by atoms with Gasteiger partial charge in [-0.2, -0.15) is 5.10 Å². The summed E-state index contributed by atoms with van der Waals surface area (Å²) in [5, 5.41) is 14.1. The summed E-state index contributed by atoms with van der Waals surface area (Å²) in [6.45, 7) is 5.93. The highest BCUT2D eigenvalue weighted by Gasteiger charge is 2.23. The molecule has 0 spiro atoms. The highest BCUT2D eigenvalue weighted by molar-refractivity contribution is 9.10. The Morgan fingerprint density at radius 1 is 1.21 bits per heavy atom. The molecule has 1 saturated heterocycles. The third kappa shape index (κ3) is 5.28. The minimum atomic E-state index is 0.0822. The van der Waals surface area contributed by atoms with Crippen LogP contribution in [0.2, 0.25) is 0 Å². The molecule has 8 heteroatoms. The van der Waals surface area contributed by atoms with Crippen molar-refractivity contribution in [2.24, 2.45) is 5.92 Å². The molecule has 176 valence electrons. The fourth-order valence-electron chi connectivity index (χ4n) is 4.15. The number of carbonyl (C=O) groups is 1. The lowest BCUT2D eigenvalue weighted by atomic mass is 9.95. The number of benzene rings is 1. The van der Waals surface area contributed by atoms with E-state index >= 15 is 0 Å². The number of para-hydroxylation sites is 1. The minimum Gasteiger partial charge on any atom is -0.507 e. The number of halogens is 1. The van der Waals surface area contributed by atoms with Gasteiger partial charge >= 0.3 is 0 Å². The molecule has 1 unspecified atom stereocenters. The average molecular weight is 522 g/mol. The van der Waals surface area contributed by atoms with Gasteiger partial charge in [0.2, 0.25) is 0 Å². The molecule has 3 aromatic heterocycles. The van der Waals surface area contributed by atoms with Crippen LogP contribution in [0.5, 0.6) is 5.75 Å². The first-order valence-electron chi connectivity index (χ1n) is 11.5. The van der Waals surface area contributed by atoms with Crippen LogP contribution >= 0.6 is 15.9 Å². The summed E-state index contributed by atoms with van der Waals surface area (Å²) in [7, 11) is 0. The largest absolute Gasteiger partial charge is 0.507 e. The number of aryl methyl sites for hydroxylation is 1. The number of rotatable bonds is 3. The second-order valence-corrected chi connectivity index (χ2v) is 9.26. The Balaban J connectivity index is 0.000000162. The van der Waals surface area contributed by atoms with Crippen LogP contribution in [0.3, 0.4) is 0 Å². The number of pyridine rings is 1. The second-order valence-electron chi connectivity index (χ2n) is 8.41. The molecule has 34 heavy (non-hydrogen) atoms. The Labute approximate surface area is 207 Å². The summed E-state index contributed by atoms with van der Waals surface area (Å²) >= 11 is 3.42. The van der Waals surface area contributed by atoms with Crippen molar-refractivity contribution in [2.45, 2.75) is 33.1 Å². The molecular weight excluding hydrogens is 494 g/mol. The van der Waals surface area contributed by atoms with E-state index < -0.39 is 0 Å². The van der Waals surface area contributed by atoms with E-state index in [9.17, 15) is 9.90 Å². The van der Waals surface area contributed by atoms with E-state index in [1.54, 1.807) is 35.1 Å². The molecule has 1 N–H and O–H groups in total. The Kier molecular flexibility index (Phi) is 7.57. The molecule has 1 aliphatic rings. The Hall–Kier alpha value is -3.26. The summed E-state index contributed by atoms with van der Waals surface area (Å²) in [4.78, 5) is 22.7. The number of hydrogen-bond donors (Lipinski definition) is 1. The first-order valence-corrected chi connectivity index (χ1v) is 12.3. The van der Waals surface area contributed by atoms with Crippen molar-refractivity contribution in [3.63, 3.8) is 0 Å². The molecule has 0 aliphatic carbocycles. The van der Waals surface area contributed by atoms with E-state index in [0.717, 1.165) is 53.0 Å². The van der Waals surface area contributed by atoms with Crippen molar-refractivity contribution in [3.05, 3.63) is 76.8 Å². The van der Waals surface area contributed by atoms with Gasteiger partial charge in [0.15, 0.2) is 5.65 Å². The minimum absolute atomic E-state index is 0.0822. The van der Waals surface area contributed by atoms with Crippen LogP contribution < -0.4 is 0 Å². The van der Waals surface area contributed by atoms with Crippen LogP contribution in [0.15, 0.2) is 65.4 Å². The van der Waals surface area contributed by atoms with Crippen molar-refractivity contribution in [3.8, 4) is 17.0 Å². The van der Waals surface area contributed by atoms with Gasteiger partial charge < -0.3 is 10.0 Å². The van der Waals surface area contributed by atoms with Gasteiger partial charge in [-0.05, 0) is 71.9 Å². The number of hydrogen-bond acceptors (Lipinski definition) is 5. The maximum Gasteiger partial charge on any atom is 0.272 e. The Morgan fingerprint density at radius 2 is 2.00 bits per heavy atom. The van der Waals surface area contributed by atoms with E-state index in [-0.39, 0.29) is 11.7 Å². The fourth-order valence-corrected chi connectivity index (χ4v) is 4.50. The van der Waals surface area contributed by atoms with Gasteiger partial charge in [0.05, 0.1) is 16.4 Å². The average Bonchev–Trinajstić information content (AvgIpc) is 3.26. The van der Waals surface area contributed by atoms with Crippen molar-refractivity contribution in [2.75, 3.05) is 13.1 Å². The monoisotopic (exact) mass is 521 g/mol. The molecule has 0 bridgehead atoms. The summed E-state index contributed by atoms with van der Waals surface area (Å²) in [6, 6.07) is 14.6. The lowest BCUT2D eigenvalue weighted by Crippen LogP contribution is -2.40. The molecule has 1 amide bonds. The van der Waals surface area contributed by atoms with Gasteiger partial charge in [-0.3, -0.25) is 9.78 Å². The first-order chi connectivity index (χ1) is 16.5. The van der Waals surface area contributed by atoms with E-state index in [2.05, 4.69) is 37.9 Å². The molecule has 1 fully saturated rings. The number of fused-ring (bicyclic) bond motifs is 1. The smallest absolute Gasteiger partial charge is 0.272 e. The maximum atomic E-state index is 12.1. The van der Waals surface area contributed by atoms with Crippen molar-refractivity contribution >= 4 is 27.5 Å². The molecule has 7 nitrogen and oxygen atoms in total. The number of piperidine rings is 1. The van der Waals surface area contributed by atoms with Crippen LogP contribution in [-0.4, -0.2) is 48.6 Å². The van der Waals surface area contributed by atoms with E-state index in [1.165, 1.54) is 6.42 Å². The topological polar surface area (TPSA) is 83.6 Å². The fraction of sp³-hybridized carbons (Fsp3) is 0.308. The first kappa shape index (κ1) is 23.9. The lowest BCUT2D eigenvalue weighted by Gasteiger charge is -2.32. The number of phenolic OH excluding ortho intramolecular Hbond substituents is 1. The van der Waals surface area contributed by atoms with Gasteiger partial charge in [0.25, 0.3) is 5.91 Å². The van der Waals surface area contributed by atoms with E-state index in [1.807, 2.05) is 42.2 Å². The zero-order valence-electron chi connectivity index (χ0n) is 19.4. The van der Waals surface area contributed by atoms with Crippen LogP contribution in [-0.2, 0) is 0 Å². The third-order valence-electron chi connectivity index (χ3n) is 6.05. The van der Waals surface area contributed by atoms with Gasteiger partial charge in [0, 0.05) is 30.5 Å². The molecule has 1 aliphatic heterocycles. The van der Waals surface area contributed by atoms with Gasteiger partial charge in [-0.15, -0.1) is 0 Å². The van der Waals surface area contributed by atoms with Gasteiger partial charge in [-0.1, -0.05) is 31.5 Å². The second kappa shape index (κ2) is 10.8. The molecular formula is C26H28BrN5O2. The predicted molar refractivity (Wildman–Crippen MR) is 136 cm³/mol. The lowest BCUT2D eigenvalue weighted by molar-refractivity contribution is 0.0665. The van der Waals surface area contributed by atoms with Crippen LogP contribution in [0.4, 0.5) is 0 Å². The highest BCUT2D eigenvalue weighted by atomic mass is 79.9. The number of amides is 1. The molecule has 4 heterocycles. The summed E-state index contributed by atoms with van der Waals surface area (Å²) in [5.74, 6) is 0.976. The number of phenols is 1. The summed E-state index contributed by atoms with van der Waals surface area (Å²) < 4.78 is 2.59.